The van der Waals surface area contributed by atoms with E-state index in [1.165, 1.54) is 12.3 Å². The van der Waals surface area contributed by atoms with Gasteiger partial charge in [-0.25, -0.2) is 0 Å². The number of benzene rings is 1. The summed E-state index contributed by atoms with van der Waals surface area (Å²) in [6, 6.07) is 13.3. The average Bonchev–Trinajstić information content (AvgIpc) is 2.30. The maximum absolute atomic E-state index is 10.4. The molecule has 4 nitrogen and oxygen atoms in total. The van der Waals surface area contributed by atoms with E-state index in [9.17, 15) is 10.1 Å². The molecular weight excluding hydrogens is 192 g/mol. The van der Waals surface area contributed by atoms with Gasteiger partial charge in [0.1, 0.15) is 6.20 Å². The van der Waals surface area contributed by atoms with Crippen LogP contribution in [-0.4, -0.2) is 9.91 Å². The van der Waals surface area contributed by atoms with Crippen LogP contribution in [0.4, 0.5) is 5.82 Å². The van der Waals surface area contributed by atoms with Gasteiger partial charge in [-0.3, -0.25) is 0 Å². The molecular formula is C11H7N2O2. The van der Waals surface area contributed by atoms with Gasteiger partial charge >= 0.3 is 5.82 Å². The lowest BCUT2D eigenvalue weighted by Gasteiger charge is -1.97. The van der Waals surface area contributed by atoms with Crippen molar-refractivity contribution in [1.82, 2.24) is 4.98 Å². The third kappa shape index (κ3) is 1.99. The van der Waals surface area contributed by atoms with Crippen molar-refractivity contribution in [1.29, 1.82) is 0 Å². The van der Waals surface area contributed by atoms with Crippen LogP contribution in [0, 0.1) is 16.2 Å². The van der Waals surface area contributed by atoms with Crippen molar-refractivity contribution in [3.05, 3.63) is 58.8 Å². The fraction of sp³-hybridized carbons (Fsp3) is 0. The molecule has 1 aromatic heterocycles. The topological polar surface area (TPSA) is 56.0 Å². The summed E-state index contributed by atoms with van der Waals surface area (Å²) in [7, 11) is 0. The fourth-order valence-electron chi connectivity index (χ4n) is 1.24. The first-order chi connectivity index (χ1) is 7.27. The second kappa shape index (κ2) is 3.88. The molecule has 0 N–H and O–H groups in total. The average molecular weight is 199 g/mol. The van der Waals surface area contributed by atoms with Crippen molar-refractivity contribution in [3.8, 4) is 11.1 Å². The number of nitro groups is 1. The highest BCUT2D eigenvalue weighted by Crippen LogP contribution is 2.19. The molecule has 0 bridgehead atoms. The van der Waals surface area contributed by atoms with E-state index in [-0.39, 0.29) is 5.82 Å². The number of hydrogen-bond donors (Lipinski definition) is 0. The van der Waals surface area contributed by atoms with Crippen LogP contribution in [0.5, 0.6) is 0 Å². The zero-order chi connectivity index (χ0) is 10.7. The third-order valence-corrected chi connectivity index (χ3v) is 1.99. The quantitative estimate of drug-likeness (QED) is 0.551. The monoisotopic (exact) mass is 199 g/mol. The maximum atomic E-state index is 10.4. The molecule has 15 heavy (non-hydrogen) atoms. The van der Waals surface area contributed by atoms with Gasteiger partial charge in [0.05, 0.1) is 0 Å². The standard InChI is InChI=1S/C11H7N2O2/c14-13(15)11-7-6-10(8-12-11)9-4-2-1-3-5-9/h2-8H. The van der Waals surface area contributed by atoms with Gasteiger partial charge in [0.2, 0.25) is 0 Å². The Morgan fingerprint density at radius 1 is 1.13 bits per heavy atom. The van der Waals surface area contributed by atoms with Gasteiger partial charge < -0.3 is 10.1 Å². The predicted molar refractivity (Wildman–Crippen MR) is 55.2 cm³/mol. The summed E-state index contributed by atoms with van der Waals surface area (Å²) in [6.07, 6.45) is 1.49. The van der Waals surface area contributed by atoms with E-state index in [0.717, 1.165) is 11.1 Å². The minimum Gasteiger partial charge on any atom is -0.358 e. The lowest BCUT2D eigenvalue weighted by Crippen LogP contribution is -1.91. The van der Waals surface area contributed by atoms with Crippen molar-refractivity contribution < 1.29 is 4.92 Å². The van der Waals surface area contributed by atoms with Crippen LogP contribution in [0.2, 0.25) is 0 Å². The van der Waals surface area contributed by atoms with Crippen molar-refractivity contribution in [2.24, 2.45) is 0 Å². The molecule has 1 radical (unpaired) electrons. The lowest BCUT2D eigenvalue weighted by atomic mass is 10.1. The summed E-state index contributed by atoms with van der Waals surface area (Å²) in [5, 5.41) is 10.4. The molecule has 0 unspecified atom stereocenters. The molecule has 0 saturated carbocycles. The van der Waals surface area contributed by atoms with Crippen LogP contribution in [0.1, 0.15) is 0 Å². The molecule has 0 fully saturated rings. The maximum Gasteiger partial charge on any atom is 0.363 e. The van der Waals surface area contributed by atoms with Gasteiger partial charge in [-0.05, 0) is 27.6 Å². The van der Waals surface area contributed by atoms with Gasteiger partial charge in [-0.1, -0.05) is 24.3 Å². The molecule has 0 amide bonds. The summed E-state index contributed by atoms with van der Waals surface area (Å²) in [6.45, 7) is 0. The minimum absolute atomic E-state index is 0.138. The molecule has 0 spiro atoms. The molecule has 0 aliphatic rings. The molecule has 2 rings (SSSR count). The molecule has 1 heterocycles. The van der Waals surface area contributed by atoms with Gasteiger partial charge in [0.25, 0.3) is 0 Å². The van der Waals surface area contributed by atoms with Crippen molar-refractivity contribution in [3.63, 3.8) is 0 Å². The van der Waals surface area contributed by atoms with Crippen LogP contribution in [-0.2, 0) is 0 Å². The highest BCUT2D eigenvalue weighted by molar-refractivity contribution is 5.62. The Morgan fingerprint density at radius 2 is 1.87 bits per heavy atom. The van der Waals surface area contributed by atoms with Crippen LogP contribution in [0.3, 0.4) is 0 Å². The highest BCUT2D eigenvalue weighted by Gasteiger charge is 2.06. The second-order valence-corrected chi connectivity index (χ2v) is 2.95. The lowest BCUT2D eigenvalue weighted by molar-refractivity contribution is -0.389. The summed E-state index contributed by atoms with van der Waals surface area (Å²) >= 11 is 0. The molecule has 73 valence electrons. The molecule has 0 saturated heterocycles. The van der Waals surface area contributed by atoms with E-state index in [1.807, 2.05) is 12.1 Å². The summed E-state index contributed by atoms with van der Waals surface area (Å²) in [5.41, 5.74) is 1.82. The van der Waals surface area contributed by atoms with Crippen LogP contribution in [0.25, 0.3) is 11.1 Å². The van der Waals surface area contributed by atoms with Gasteiger partial charge in [0, 0.05) is 11.6 Å². The summed E-state index contributed by atoms with van der Waals surface area (Å²) in [4.78, 5) is 13.6. The van der Waals surface area contributed by atoms with Crippen molar-refractivity contribution in [2.45, 2.75) is 0 Å². The normalized spacial score (nSPS) is 9.87. The largest absolute Gasteiger partial charge is 0.363 e. The van der Waals surface area contributed by atoms with E-state index in [2.05, 4.69) is 11.1 Å². The Kier molecular flexibility index (Phi) is 2.41. The van der Waals surface area contributed by atoms with Gasteiger partial charge in [-0.2, -0.15) is 0 Å². The van der Waals surface area contributed by atoms with Gasteiger partial charge in [0.15, 0.2) is 0 Å². The Bertz CT molecular complexity index is 466. The van der Waals surface area contributed by atoms with Crippen LogP contribution < -0.4 is 0 Å². The van der Waals surface area contributed by atoms with E-state index < -0.39 is 4.92 Å². The third-order valence-electron chi connectivity index (χ3n) is 1.99. The predicted octanol–water partition coefficient (Wildman–Crippen LogP) is 2.46. The Balaban J connectivity index is 2.36. The first kappa shape index (κ1) is 9.33. The molecule has 0 aliphatic carbocycles. The second-order valence-electron chi connectivity index (χ2n) is 2.95. The van der Waals surface area contributed by atoms with Crippen LogP contribution >= 0.6 is 0 Å². The zero-order valence-corrected chi connectivity index (χ0v) is 7.75. The van der Waals surface area contributed by atoms with E-state index in [4.69, 9.17) is 0 Å². The summed E-state index contributed by atoms with van der Waals surface area (Å²) < 4.78 is 0. The molecule has 2 aromatic rings. The van der Waals surface area contributed by atoms with Crippen molar-refractivity contribution in [2.75, 3.05) is 0 Å². The van der Waals surface area contributed by atoms with E-state index in [0.29, 0.717) is 0 Å². The SMILES string of the molecule is O=[N+]([O-])c1ccc(-c2cc[c]cc2)cn1. The number of nitrogens with zero attached hydrogens (tertiary/aromatic N) is 2. The molecule has 0 atom stereocenters. The zero-order valence-electron chi connectivity index (χ0n) is 7.75. The fourth-order valence-corrected chi connectivity index (χ4v) is 1.24. The van der Waals surface area contributed by atoms with Gasteiger partial charge in [-0.15, -0.1) is 0 Å². The number of hydrogen-bond acceptors (Lipinski definition) is 3. The number of aromatic nitrogens is 1. The number of pyridine rings is 1. The van der Waals surface area contributed by atoms with Crippen LogP contribution in [0.15, 0.2) is 42.6 Å². The van der Waals surface area contributed by atoms with E-state index in [1.54, 1.807) is 18.2 Å². The Hall–Kier alpha value is -2.23. The van der Waals surface area contributed by atoms with Crippen molar-refractivity contribution >= 4 is 5.82 Å². The molecule has 1 aromatic carbocycles. The summed E-state index contributed by atoms with van der Waals surface area (Å²) in [5.74, 6) is -0.138. The smallest absolute Gasteiger partial charge is 0.358 e. The highest BCUT2D eigenvalue weighted by atomic mass is 16.6. The Labute approximate surface area is 86.4 Å². The number of rotatable bonds is 2. The molecule has 4 heteroatoms. The first-order valence-electron chi connectivity index (χ1n) is 4.34. The minimum atomic E-state index is -0.511. The van der Waals surface area contributed by atoms with E-state index >= 15 is 0 Å². The first-order valence-corrected chi connectivity index (χ1v) is 4.34. The Morgan fingerprint density at radius 3 is 2.40 bits per heavy atom. The molecule has 0 aliphatic heterocycles.